The number of hydrogen-bond acceptors (Lipinski definition) is 6. The van der Waals surface area contributed by atoms with Gasteiger partial charge in [0.2, 0.25) is 17.7 Å². The predicted molar refractivity (Wildman–Crippen MR) is 164 cm³/mol. The fraction of sp³-hybridized carbons (Fsp3) is 0.577. The summed E-state index contributed by atoms with van der Waals surface area (Å²) in [6.45, 7) is 9.78. The monoisotopic (exact) mass is 672 g/mol. The average Bonchev–Trinajstić information content (AvgIpc) is 2.86. The van der Waals surface area contributed by atoms with Crippen LogP contribution in [0.1, 0.15) is 58.9 Å². The second-order valence-electron chi connectivity index (χ2n) is 10.2. The first kappa shape index (κ1) is 35.0. The average molecular weight is 672 g/mol. The molecule has 2 atom stereocenters. The zero-order valence-electron chi connectivity index (χ0n) is 23.8. The van der Waals surface area contributed by atoms with E-state index in [1.807, 2.05) is 56.9 Å². The van der Waals surface area contributed by atoms with E-state index in [0.717, 1.165) is 5.56 Å². The van der Waals surface area contributed by atoms with Crippen molar-refractivity contribution in [3.8, 4) is 0 Å². The fourth-order valence-corrected chi connectivity index (χ4v) is 3.77. The van der Waals surface area contributed by atoms with E-state index < -0.39 is 36.0 Å². The normalized spacial score (nSPS) is 12.2. The number of carbonyl (C=O) groups excluding carboxylic acids is 5. The summed E-state index contributed by atoms with van der Waals surface area (Å²) in [5, 5.41) is 13.4. The Morgan fingerprint density at radius 2 is 1.62 bits per heavy atom. The highest BCUT2D eigenvalue weighted by Gasteiger charge is 2.28. The van der Waals surface area contributed by atoms with E-state index >= 15 is 0 Å². The molecular weight excluding hydrogens is 630 g/mol. The standard InChI is InChI=1S/C26H42BIN6O6/c1-16(2)8-13-21(35)33-22(17(3)4)24(37)32-20(7-6-14-30-25(29)38)23(36)31-19-11-9-18(10-12-19)15-40-26(39)34-27(5)28/h9-12,16-17,20,22H,6-8,13-15H2,1-5H3,(H,31,36)(H,32,37)(H,33,35)(H,34,39)(H3,29,30,38)/t20-,22?/m0/s1. The van der Waals surface area contributed by atoms with E-state index in [9.17, 15) is 24.0 Å². The Bertz CT molecular complexity index is 992. The number of rotatable bonds is 16. The van der Waals surface area contributed by atoms with Crippen LogP contribution in [0.4, 0.5) is 15.3 Å². The van der Waals surface area contributed by atoms with Gasteiger partial charge in [-0.2, -0.15) is 0 Å². The van der Waals surface area contributed by atoms with Crippen molar-refractivity contribution < 1.29 is 28.7 Å². The van der Waals surface area contributed by atoms with Gasteiger partial charge in [-0.1, -0.05) is 46.7 Å². The van der Waals surface area contributed by atoms with Crippen molar-refractivity contribution >= 4 is 62.6 Å². The van der Waals surface area contributed by atoms with Crippen LogP contribution in [0, 0.1) is 11.8 Å². The van der Waals surface area contributed by atoms with Crippen molar-refractivity contribution in [3.63, 3.8) is 0 Å². The molecule has 1 rings (SSSR count). The minimum atomic E-state index is -0.932. The molecule has 0 aliphatic heterocycles. The second-order valence-corrected chi connectivity index (χ2v) is 12.1. The summed E-state index contributed by atoms with van der Waals surface area (Å²) in [4.78, 5) is 61.4. The molecule has 12 nitrogen and oxygen atoms in total. The highest BCUT2D eigenvalue weighted by atomic mass is 127. The molecule has 1 unspecified atom stereocenters. The predicted octanol–water partition coefficient (Wildman–Crippen LogP) is 2.91. The van der Waals surface area contributed by atoms with E-state index in [2.05, 4.69) is 26.5 Å². The molecule has 0 radical (unpaired) electrons. The van der Waals surface area contributed by atoms with Crippen molar-refractivity contribution in [1.29, 1.82) is 0 Å². The van der Waals surface area contributed by atoms with Crippen LogP contribution in [-0.2, 0) is 25.7 Å². The van der Waals surface area contributed by atoms with E-state index in [1.165, 1.54) is 0 Å². The summed E-state index contributed by atoms with van der Waals surface area (Å²) in [5.41, 5.74) is 6.32. The number of urea groups is 1. The Morgan fingerprint density at radius 1 is 0.975 bits per heavy atom. The highest BCUT2D eigenvalue weighted by Crippen LogP contribution is 2.13. The number of nitrogens with two attached hydrogens (primary N) is 1. The summed E-state index contributed by atoms with van der Waals surface area (Å²) in [6, 6.07) is 4.32. The molecule has 40 heavy (non-hydrogen) atoms. The molecule has 0 fully saturated rings. The Hall–Kier alpha value is -3.04. The van der Waals surface area contributed by atoms with Crippen LogP contribution in [0.2, 0.25) is 6.82 Å². The lowest BCUT2D eigenvalue weighted by atomic mass is 10.0. The lowest BCUT2D eigenvalue weighted by Crippen LogP contribution is -2.54. The summed E-state index contributed by atoms with van der Waals surface area (Å²) < 4.78 is 5.08. The minimum absolute atomic E-state index is 0.0639. The van der Waals surface area contributed by atoms with Crippen molar-refractivity contribution in [2.24, 2.45) is 17.6 Å². The third kappa shape index (κ3) is 14.9. The van der Waals surface area contributed by atoms with Gasteiger partial charge < -0.3 is 37.0 Å². The Morgan fingerprint density at radius 3 is 2.17 bits per heavy atom. The third-order valence-corrected chi connectivity index (χ3v) is 6.04. The highest BCUT2D eigenvalue weighted by molar-refractivity contribution is 14.1. The van der Waals surface area contributed by atoms with Crippen molar-refractivity contribution in [2.45, 2.75) is 78.9 Å². The van der Waals surface area contributed by atoms with E-state index in [-0.39, 0.29) is 36.1 Å². The summed E-state index contributed by atoms with van der Waals surface area (Å²) in [7, 11) is 0. The number of primary amides is 1. The quantitative estimate of drug-likeness (QED) is 0.0893. The maximum Gasteiger partial charge on any atom is 0.395 e. The molecule has 222 valence electrons. The second kappa shape index (κ2) is 18.3. The van der Waals surface area contributed by atoms with Gasteiger partial charge in [0.25, 0.3) is 0 Å². The van der Waals surface area contributed by atoms with Crippen LogP contribution >= 0.6 is 22.4 Å². The van der Waals surface area contributed by atoms with Gasteiger partial charge in [-0.15, -0.1) is 22.4 Å². The molecule has 0 saturated heterocycles. The molecule has 0 aliphatic carbocycles. The maximum absolute atomic E-state index is 13.2. The minimum Gasteiger partial charge on any atom is -0.446 e. The van der Waals surface area contributed by atoms with Crippen LogP contribution in [-0.4, -0.2) is 53.2 Å². The molecule has 0 aromatic heterocycles. The molecule has 1 aromatic carbocycles. The number of ether oxygens (including phenoxy) is 1. The molecule has 6 amide bonds. The van der Waals surface area contributed by atoms with Crippen molar-refractivity contribution in [2.75, 3.05) is 11.9 Å². The number of carbonyl (C=O) groups is 5. The summed E-state index contributed by atoms with van der Waals surface area (Å²) >= 11 is 2.05. The smallest absolute Gasteiger partial charge is 0.395 e. The first-order valence-electron chi connectivity index (χ1n) is 13.4. The number of anilines is 1. The van der Waals surface area contributed by atoms with Gasteiger partial charge in [0.15, 0.2) is 0 Å². The SMILES string of the molecule is CB(I)NC(=O)OCc1ccc(NC(=O)[C@H](CCCNC(N)=O)NC(=O)C(NC(=O)CCC(C)C)C(C)C)cc1. The van der Waals surface area contributed by atoms with Crippen LogP contribution < -0.4 is 32.2 Å². The molecule has 14 heteroatoms. The molecule has 0 bridgehead atoms. The van der Waals surface area contributed by atoms with Crippen LogP contribution in [0.3, 0.4) is 0 Å². The van der Waals surface area contributed by atoms with Crippen LogP contribution in [0.25, 0.3) is 0 Å². The Labute approximate surface area is 250 Å². The summed E-state index contributed by atoms with van der Waals surface area (Å²) in [6.07, 6.45) is 1.08. The van der Waals surface area contributed by atoms with Gasteiger partial charge in [-0.25, -0.2) is 9.59 Å². The number of hydrogen-bond donors (Lipinski definition) is 6. The van der Waals surface area contributed by atoms with E-state index in [1.54, 1.807) is 24.3 Å². The largest absolute Gasteiger partial charge is 0.446 e. The Kier molecular flexibility index (Phi) is 16.0. The summed E-state index contributed by atoms with van der Waals surface area (Å²) in [5.74, 6) is -1.01. The van der Waals surface area contributed by atoms with Gasteiger partial charge in [0, 0.05) is 18.7 Å². The molecule has 1 aromatic rings. The van der Waals surface area contributed by atoms with E-state index in [4.69, 9.17) is 10.5 Å². The lowest BCUT2D eigenvalue weighted by Gasteiger charge is -2.25. The van der Waals surface area contributed by atoms with Gasteiger partial charge in [0.1, 0.15) is 18.7 Å². The Balaban J connectivity index is 2.88. The first-order chi connectivity index (χ1) is 18.8. The topological polar surface area (TPSA) is 181 Å². The van der Waals surface area contributed by atoms with Crippen LogP contribution in [0.5, 0.6) is 0 Å². The first-order valence-corrected chi connectivity index (χ1v) is 14.6. The zero-order valence-corrected chi connectivity index (χ0v) is 26.0. The van der Waals surface area contributed by atoms with Crippen molar-refractivity contribution in [1.82, 2.24) is 21.2 Å². The number of halogens is 1. The fourth-order valence-electron chi connectivity index (χ4n) is 3.52. The van der Waals surface area contributed by atoms with Crippen molar-refractivity contribution in [3.05, 3.63) is 29.8 Å². The van der Waals surface area contributed by atoms with Crippen LogP contribution in [0.15, 0.2) is 24.3 Å². The molecule has 0 heterocycles. The van der Waals surface area contributed by atoms with Gasteiger partial charge in [-0.05, 0) is 48.8 Å². The molecule has 0 aliphatic rings. The molecular formula is C26H42BIN6O6. The molecule has 0 spiro atoms. The zero-order chi connectivity index (χ0) is 30.2. The van der Waals surface area contributed by atoms with E-state index in [0.29, 0.717) is 30.9 Å². The number of benzene rings is 1. The van der Waals surface area contributed by atoms with Gasteiger partial charge >= 0.3 is 16.8 Å². The third-order valence-electron chi connectivity index (χ3n) is 5.72. The lowest BCUT2D eigenvalue weighted by molar-refractivity contribution is -0.132. The maximum atomic E-state index is 13.2. The van der Waals surface area contributed by atoms with Gasteiger partial charge in [0.05, 0.1) is 0 Å². The molecule has 0 saturated carbocycles. The molecule has 7 N–H and O–H groups in total. The number of amides is 6. The van der Waals surface area contributed by atoms with Gasteiger partial charge in [-0.3, -0.25) is 14.4 Å². The number of nitrogens with one attached hydrogen (secondary N) is 5.